The van der Waals surface area contributed by atoms with Crippen LogP contribution in [0, 0.1) is 6.92 Å². The van der Waals surface area contributed by atoms with Crippen molar-refractivity contribution in [1.82, 2.24) is 29.7 Å². The van der Waals surface area contributed by atoms with Crippen molar-refractivity contribution in [2.45, 2.75) is 19.0 Å². The highest BCUT2D eigenvalue weighted by Crippen LogP contribution is 2.26. The fourth-order valence-electron chi connectivity index (χ4n) is 3.64. The summed E-state index contributed by atoms with van der Waals surface area (Å²) in [4.78, 5) is 29.9. The first-order valence-corrected chi connectivity index (χ1v) is 9.62. The van der Waals surface area contributed by atoms with Gasteiger partial charge in [0.25, 0.3) is 5.56 Å². The molecule has 4 aromatic rings. The van der Waals surface area contributed by atoms with E-state index in [1.165, 1.54) is 10.7 Å². The van der Waals surface area contributed by atoms with Crippen molar-refractivity contribution in [2.24, 2.45) is 0 Å². The summed E-state index contributed by atoms with van der Waals surface area (Å²) >= 11 is 0. The summed E-state index contributed by atoms with van der Waals surface area (Å²) in [5, 5.41) is 8.91. The number of nitrogens with one attached hydrogen (secondary N) is 1. The first kappa shape index (κ1) is 18.3. The van der Waals surface area contributed by atoms with E-state index in [0.717, 1.165) is 16.5 Å². The lowest BCUT2D eigenvalue weighted by atomic mass is 10.1. The van der Waals surface area contributed by atoms with Crippen molar-refractivity contribution in [3.8, 4) is 11.3 Å². The van der Waals surface area contributed by atoms with E-state index in [9.17, 15) is 4.79 Å². The monoisotopic (exact) mass is 401 g/mol. The zero-order chi connectivity index (χ0) is 20.5. The van der Waals surface area contributed by atoms with Crippen LogP contribution >= 0.6 is 0 Å². The van der Waals surface area contributed by atoms with Crippen LogP contribution in [0.25, 0.3) is 22.2 Å². The Morgan fingerprint density at radius 2 is 1.97 bits per heavy atom. The highest BCUT2D eigenvalue weighted by molar-refractivity contribution is 5.88. The molecule has 9 nitrogen and oxygen atoms in total. The molecule has 0 amide bonds. The predicted octanol–water partition coefficient (Wildman–Crippen LogP) is 2.00. The molecule has 2 atom stereocenters. The van der Waals surface area contributed by atoms with Gasteiger partial charge in [-0.3, -0.25) is 14.8 Å². The van der Waals surface area contributed by atoms with Gasteiger partial charge in [0.15, 0.2) is 0 Å². The number of nitrogens with zero attached hydrogens (tertiary/aromatic N) is 6. The molecule has 5 rings (SSSR count). The summed E-state index contributed by atoms with van der Waals surface area (Å²) in [6.45, 7) is 2.65. The molecule has 1 N–H and O–H groups in total. The van der Waals surface area contributed by atoms with Crippen molar-refractivity contribution < 1.29 is 4.74 Å². The Labute approximate surface area is 171 Å². The van der Waals surface area contributed by atoms with Crippen LogP contribution in [-0.2, 0) is 4.74 Å². The molecule has 5 heterocycles. The fraction of sp³-hybridized carbons (Fsp3) is 0.238. The molecule has 2 unspecified atom stereocenters. The van der Waals surface area contributed by atoms with E-state index >= 15 is 0 Å². The van der Waals surface area contributed by atoms with Crippen LogP contribution in [0.15, 0.2) is 59.9 Å². The standard InChI is InChI=1S/C21H19N7O2/c1-13-24-17-10-23-8-6-15(17)21(25-13)26-18-11-30-12-19(18)28-20(29)5-4-16(27-28)14-3-2-7-22-9-14/h2-10,18-19H,11-12H2,1H3,(H,24,25,26). The van der Waals surface area contributed by atoms with E-state index in [2.05, 4.69) is 30.4 Å². The number of fused-ring (bicyclic) bond motifs is 1. The van der Waals surface area contributed by atoms with E-state index in [-0.39, 0.29) is 17.6 Å². The Hall–Kier alpha value is -3.72. The van der Waals surface area contributed by atoms with Gasteiger partial charge >= 0.3 is 0 Å². The molecule has 0 bridgehead atoms. The number of hydrogen-bond acceptors (Lipinski definition) is 8. The van der Waals surface area contributed by atoms with Crippen LogP contribution in [0.1, 0.15) is 11.9 Å². The van der Waals surface area contributed by atoms with E-state index in [4.69, 9.17) is 4.74 Å². The number of anilines is 1. The molecule has 1 aliphatic heterocycles. The molecule has 30 heavy (non-hydrogen) atoms. The molecule has 1 saturated heterocycles. The molecular formula is C21H19N7O2. The Balaban J connectivity index is 1.50. The molecule has 0 aliphatic carbocycles. The van der Waals surface area contributed by atoms with Crippen molar-refractivity contribution in [1.29, 1.82) is 0 Å². The minimum absolute atomic E-state index is 0.176. The molecule has 0 spiro atoms. The largest absolute Gasteiger partial charge is 0.377 e. The van der Waals surface area contributed by atoms with Gasteiger partial charge in [0.05, 0.1) is 36.7 Å². The van der Waals surface area contributed by atoms with Crippen molar-refractivity contribution in [3.05, 3.63) is 71.3 Å². The summed E-state index contributed by atoms with van der Waals surface area (Å²) in [5.74, 6) is 1.33. The van der Waals surface area contributed by atoms with Gasteiger partial charge in [0.1, 0.15) is 17.7 Å². The van der Waals surface area contributed by atoms with Crippen molar-refractivity contribution in [2.75, 3.05) is 18.5 Å². The van der Waals surface area contributed by atoms with Crippen LogP contribution < -0.4 is 10.9 Å². The molecule has 150 valence electrons. The molecule has 1 aliphatic rings. The van der Waals surface area contributed by atoms with Crippen LogP contribution in [0.4, 0.5) is 5.82 Å². The summed E-state index contributed by atoms with van der Waals surface area (Å²) in [6.07, 6.45) is 6.84. The maximum atomic E-state index is 12.6. The highest BCUT2D eigenvalue weighted by Gasteiger charge is 2.32. The Bertz CT molecular complexity index is 1260. The van der Waals surface area contributed by atoms with Gasteiger partial charge in [-0.1, -0.05) is 0 Å². The topological polar surface area (TPSA) is 108 Å². The molecule has 1 fully saturated rings. The van der Waals surface area contributed by atoms with Gasteiger partial charge in [-0.15, -0.1) is 0 Å². The van der Waals surface area contributed by atoms with E-state index in [0.29, 0.717) is 30.5 Å². The summed E-state index contributed by atoms with van der Waals surface area (Å²) in [5.41, 5.74) is 2.11. The summed E-state index contributed by atoms with van der Waals surface area (Å²) in [6, 6.07) is 8.41. The molecule has 4 aromatic heterocycles. The number of aromatic nitrogens is 6. The van der Waals surface area contributed by atoms with Crippen LogP contribution in [-0.4, -0.2) is 49.0 Å². The normalized spacial score (nSPS) is 18.6. The van der Waals surface area contributed by atoms with Gasteiger partial charge < -0.3 is 10.1 Å². The zero-order valence-corrected chi connectivity index (χ0v) is 16.3. The van der Waals surface area contributed by atoms with Crippen molar-refractivity contribution >= 4 is 16.7 Å². The average molecular weight is 401 g/mol. The second-order valence-electron chi connectivity index (χ2n) is 7.11. The zero-order valence-electron chi connectivity index (χ0n) is 16.3. The number of aryl methyl sites for hydroxylation is 1. The minimum atomic E-state index is -0.277. The maximum Gasteiger partial charge on any atom is 0.267 e. The number of hydrogen-bond donors (Lipinski definition) is 1. The second kappa shape index (κ2) is 7.60. The quantitative estimate of drug-likeness (QED) is 0.553. The van der Waals surface area contributed by atoms with Crippen LogP contribution in [0.2, 0.25) is 0 Å². The smallest absolute Gasteiger partial charge is 0.267 e. The first-order valence-electron chi connectivity index (χ1n) is 9.62. The SMILES string of the molecule is Cc1nc(NC2COCC2n2nc(-c3cccnc3)ccc2=O)c2ccncc2n1. The maximum absolute atomic E-state index is 12.6. The molecule has 9 heteroatoms. The first-order chi connectivity index (χ1) is 14.7. The third-order valence-corrected chi connectivity index (χ3v) is 5.08. The van der Waals surface area contributed by atoms with Gasteiger partial charge in [-0.2, -0.15) is 5.10 Å². The Morgan fingerprint density at radius 1 is 1.07 bits per heavy atom. The average Bonchev–Trinajstić information content (AvgIpc) is 3.22. The highest BCUT2D eigenvalue weighted by atomic mass is 16.5. The van der Waals surface area contributed by atoms with Gasteiger partial charge in [-0.25, -0.2) is 14.6 Å². The second-order valence-corrected chi connectivity index (χ2v) is 7.11. The summed E-state index contributed by atoms with van der Waals surface area (Å²) < 4.78 is 7.20. The fourth-order valence-corrected chi connectivity index (χ4v) is 3.64. The third-order valence-electron chi connectivity index (χ3n) is 5.08. The van der Waals surface area contributed by atoms with Crippen molar-refractivity contribution in [3.63, 3.8) is 0 Å². The lowest BCUT2D eigenvalue weighted by Crippen LogP contribution is -2.37. The Morgan fingerprint density at radius 3 is 2.83 bits per heavy atom. The van der Waals surface area contributed by atoms with E-state index < -0.39 is 0 Å². The molecular weight excluding hydrogens is 382 g/mol. The van der Waals surface area contributed by atoms with Gasteiger partial charge in [0.2, 0.25) is 0 Å². The third kappa shape index (κ3) is 3.39. The molecule has 0 saturated carbocycles. The van der Waals surface area contributed by atoms with Crippen LogP contribution in [0.5, 0.6) is 0 Å². The van der Waals surface area contributed by atoms with E-state index in [1.807, 2.05) is 25.1 Å². The van der Waals surface area contributed by atoms with Gasteiger partial charge in [0, 0.05) is 35.6 Å². The van der Waals surface area contributed by atoms with Crippen LogP contribution in [0.3, 0.4) is 0 Å². The minimum Gasteiger partial charge on any atom is -0.377 e. The summed E-state index contributed by atoms with van der Waals surface area (Å²) in [7, 11) is 0. The van der Waals surface area contributed by atoms with E-state index in [1.54, 1.807) is 30.9 Å². The van der Waals surface area contributed by atoms with Gasteiger partial charge in [-0.05, 0) is 31.2 Å². The lowest BCUT2D eigenvalue weighted by molar-refractivity contribution is 0.183. The lowest BCUT2D eigenvalue weighted by Gasteiger charge is -2.22. The number of rotatable bonds is 4. The number of ether oxygens (including phenoxy) is 1. The molecule has 0 aromatic carbocycles. The predicted molar refractivity (Wildman–Crippen MR) is 111 cm³/mol. The molecule has 0 radical (unpaired) electrons. The Kier molecular flexibility index (Phi) is 4.64. The number of pyridine rings is 2.